The first-order valence-electron chi connectivity index (χ1n) is 11.5. The largest absolute Gasteiger partial charge is 0.454 e. The molecule has 1 amide bonds. The molecule has 7 heteroatoms. The minimum absolute atomic E-state index is 0.0535. The van der Waals surface area contributed by atoms with Crippen molar-refractivity contribution in [2.45, 2.75) is 13.1 Å². The molecule has 0 unspecified atom stereocenters. The molecular weight excluding hydrogens is 440 g/mol. The molecule has 6 rings (SSSR count). The smallest absolute Gasteiger partial charge is 0.271 e. The third kappa shape index (κ3) is 3.91. The van der Waals surface area contributed by atoms with Gasteiger partial charge in [0.2, 0.25) is 6.79 Å². The molecule has 3 heterocycles. The molecule has 0 bridgehead atoms. The Labute approximate surface area is 202 Å². The lowest BCUT2D eigenvalue weighted by Crippen LogP contribution is -2.32. The summed E-state index contributed by atoms with van der Waals surface area (Å²) in [6.07, 6.45) is 1.77. The zero-order chi connectivity index (χ0) is 23.8. The van der Waals surface area contributed by atoms with Crippen LogP contribution in [0.2, 0.25) is 0 Å². The van der Waals surface area contributed by atoms with Gasteiger partial charge in [-0.2, -0.15) is 5.10 Å². The average Bonchev–Trinajstić information content (AvgIpc) is 3.63. The summed E-state index contributed by atoms with van der Waals surface area (Å²) >= 11 is 0. The standard InChI is InChI=1S/C28H24N4O3/c1-30-24-10-6-5-7-21(24)16-25(30)28(33)31(17-20-11-12-26-27(15-20)35-19-34-26)18-23-13-14-29-32(23)22-8-3-2-4-9-22/h2-16H,17-19H2,1H3. The fourth-order valence-corrected chi connectivity index (χ4v) is 4.56. The van der Waals surface area contributed by atoms with E-state index in [1.54, 1.807) is 6.20 Å². The number of hydrogen-bond acceptors (Lipinski definition) is 4. The van der Waals surface area contributed by atoms with Gasteiger partial charge in [-0.05, 0) is 48.0 Å². The predicted octanol–water partition coefficient (Wildman–Crippen LogP) is 4.94. The van der Waals surface area contributed by atoms with E-state index in [9.17, 15) is 4.79 Å². The average molecular weight is 465 g/mol. The molecule has 1 aliphatic heterocycles. The van der Waals surface area contributed by atoms with Gasteiger partial charge in [0.25, 0.3) is 5.91 Å². The highest BCUT2D eigenvalue weighted by molar-refractivity contribution is 5.98. The van der Waals surface area contributed by atoms with Crippen molar-refractivity contribution in [2.75, 3.05) is 6.79 Å². The molecule has 2 aromatic heterocycles. The van der Waals surface area contributed by atoms with Gasteiger partial charge in [0.05, 0.1) is 17.9 Å². The van der Waals surface area contributed by atoms with Crippen molar-refractivity contribution in [3.8, 4) is 17.2 Å². The Morgan fingerprint density at radius 3 is 2.57 bits per heavy atom. The van der Waals surface area contributed by atoms with E-state index in [1.165, 1.54) is 0 Å². The molecular formula is C28H24N4O3. The molecule has 0 radical (unpaired) electrons. The third-order valence-electron chi connectivity index (χ3n) is 6.34. The van der Waals surface area contributed by atoms with Crippen molar-refractivity contribution in [1.82, 2.24) is 19.2 Å². The molecule has 174 valence electrons. The van der Waals surface area contributed by atoms with Crippen molar-refractivity contribution in [2.24, 2.45) is 7.05 Å². The Morgan fingerprint density at radius 2 is 1.71 bits per heavy atom. The van der Waals surface area contributed by atoms with E-state index in [0.29, 0.717) is 24.5 Å². The van der Waals surface area contributed by atoms with Crippen molar-refractivity contribution in [1.29, 1.82) is 0 Å². The van der Waals surface area contributed by atoms with E-state index in [0.717, 1.165) is 33.6 Å². The first kappa shape index (κ1) is 21.0. The van der Waals surface area contributed by atoms with Crippen LogP contribution in [0.15, 0.2) is 91.1 Å². The van der Waals surface area contributed by atoms with Crippen LogP contribution in [0.4, 0.5) is 0 Å². The van der Waals surface area contributed by atoms with Crippen molar-refractivity contribution in [3.05, 3.63) is 108 Å². The van der Waals surface area contributed by atoms with Crippen LogP contribution in [0, 0.1) is 0 Å². The predicted molar refractivity (Wildman–Crippen MR) is 133 cm³/mol. The summed E-state index contributed by atoms with van der Waals surface area (Å²) in [6.45, 7) is 1.02. The Bertz CT molecular complexity index is 1520. The fraction of sp³-hybridized carbons (Fsp3) is 0.143. The molecule has 0 saturated carbocycles. The molecule has 0 aliphatic carbocycles. The van der Waals surface area contributed by atoms with Gasteiger partial charge in [-0.25, -0.2) is 4.68 Å². The number of para-hydroxylation sites is 2. The summed E-state index contributed by atoms with van der Waals surface area (Å²) in [6, 6.07) is 27.7. The normalized spacial score (nSPS) is 12.3. The monoisotopic (exact) mass is 464 g/mol. The lowest BCUT2D eigenvalue weighted by Gasteiger charge is -2.24. The van der Waals surface area contributed by atoms with E-state index in [1.807, 2.05) is 106 Å². The minimum Gasteiger partial charge on any atom is -0.454 e. The lowest BCUT2D eigenvalue weighted by molar-refractivity contribution is 0.0717. The molecule has 0 saturated heterocycles. The minimum atomic E-state index is -0.0535. The maximum absolute atomic E-state index is 14.0. The number of carbonyl (C=O) groups excluding carboxylic acids is 1. The fourth-order valence-electron chi connectivity index (χ4n) is 4.56. The van der Waals surface area contributed by atoms with Gasteiger partial charge in [-0.15, -0.1) is 0 Å². The quantitative estimate of drug-likeness (QED) is 0.357. The van der Waals surface area contributed by atoms with E-state index < -0.39 is 0 Å². The second-order valence-corrected chi connectivity index (χ2v) is 8.57. The molecule has 3 aromatic carbocycles. The first-order chi connectivity index (χ1) is 17.2. The van der Waals surface area contributed by atoms with Crippen LogP contribution in [0.1, 0.15) is 21.7 Å². The van der Waals surface area contributed by atoms with Crippen molar-refractivity contribution in [3.63, 3.8) is 0 Å². The Hall–Kier alpha value is -4.52. The number of hydrogen-bond donors (Lipinski definition) is 0. The van der Waals surface area contributed by atoms with E-state index in [-0.39, 0.29) is 12.7 Å². The number of nitrogens with zero attached hydrogens (tertiary/aromatic N) is 4. The highest BCUT2D eigenvalue weighted by Crippen LogP contribution is 2.33. The van der Waals surface area contributed by atoms with E-state index >= 15 is 0 Å². The molecule has 7 nitrogen and oxygen atoms in total. The number of aromatic nitrogens is 3. The van der Waals surface area contributed by atoms with Gasteiger partial charge in [-0.3, -0.25) is 4.79 Å². The summed E-state index contributed by atoms with van der Waals surface area (Å²) in [5.41, 5.74) is 4.50. The number of rotatable bonds is 6. The number of amides is 1. The topological polar surface area (TPSA) is 61.5 Å². The Balaban J connectivity index is 1.38. The molecule has 0 N–H and O–H groups in total. The molecule has 5 aromatic rings. The molecule has 35 heavy (non-hydrogen) atoms. The van der Waals surface area contributed by atoms with Crippen LogP contribution in [-0.2, 0) is 20.1 Å². The maximum Gasteiger partial charge on any atom is 0.271 e. The molecule has 1 aliphatic rings. The SMILES string of the molecule is Cn1c(C(=O)N(Cc2ccc3c(c2)OCO3)Cc2ccnn2-c2ccccc2)cc2ccccc21. The zero-order valence-electron chi connectivity index (χ0n) is 19.3. The van der Waals surface area contributed by atoms with Crippen LogP contribution in [0.5, 0.6) is 11.5 Å². The second kappa shape index (κ2) is 8.68. The van der Waals surface area contributed by atoms with Crippen LogP contribution >= 0.6 is 0 Å². The third-order valence-corrected chi connectivity index (χ3v) is 6.34. The summed E-state index contributed by atoms with van der Waals surface area (Å²) < 4.78 is 14.9. The first-order valence-corrected chi connectivity index (χ1v) is 11.5. The molecule has 0 spiro atoms. The number of fused-ring (bicyclic) bond motifs is 2. The highest BCUT2D eigenvalue weighted by atomic mass is 16.7. The number of aryl methyl sites for hydroxylation is 1. The van der Waals surface area contributed by atoms with Crippen LogP contribution < -0.4 is 9.47 Å². The van der Waals surface area contributed by atoms with Gasteiger partial charge in [-0.1, -0.05) is 42.5 Å². The molecule has 0 fully saturated rings. The van der Waals surface area contributed by atoms with Gasteiger partial charge >= 0.3 is 0 Å². The molecule has 0 atom stereocenters. The van der Waals surface area contributed by atoms with Crippen LogP contribution in [0.25, 0.3) is 16.6 Å². The highest BCUT2D eigenvalue weighted by Gasteiger charge is 2.23. The summed E-state index contributed by atoms with van der Waals surface area (Å²) in [5, 5.41) is 5.55. The van der Waals surface area contributed by atoms with Gasteiger partial charge < -0.3 is 18.9 Å². The summed E-state index contributed by atoms with van der Waals surface area (Å²) in [7, 11) is 1.93. The van der Waals surface area contributed by atoms with Gasteiger partial charge in [0, 0.05) is 30.7 Å². The Kier molecular flexibility index (Phi) is 5.22. The van der Waals surface area contributed by atoms with Crippen molar-refractivity contribution >= 4 is 16.8 Å². The summed E-state index contributed by atoms with van der Waals surface area (Å²) in [5.74, 6) is 1.37. The number of carbonyl (C=O) groups is 1. The number of ether oxygens (including phenoxy) is 2. The van der Waals surface area contributed by atoms with Gasteiger partial charge in [0.15, 0.2) is 11.5 Å². The summed E-state index contributed by atoms with van der Waals surface area (Å²) in [4.78, 5) is 15.8. The lowest BCUT2D eigenvalue weighted by atomic mass is 10.1. The van der Waals surface area contributed by atoms with Crippen LogP contribution in [-0.4, -0.2) is 31.9 Å². The maximum atomic E-state index is 14.0. The van der Waals surface area contributed by atoms with E-state index in [2.05, 4.69) is 5.10 Å². The number of benzene rings is 3. The van der Waals surface area contributed by atoms with E-state index in [4.69, 9.17) is 9.47 Å². The second-order valence-electron chi connectivity index (χ2n) is 8.57. The Morgan fingerprint density at radius 1 is 0.914 bits per heavy atom. The zero-order valence-corrected chi connectivity index (χ0v) is 19.3. The van der Waals surface area contributed by atoms with Gasteiger partial charge in [0.1, 0.15) is 5.69 Å². The van der Waals surface area contributed by atoms with Crippen LogP contribution in [0.3, 0.4) is 0 Å². The van der Waals surface area contributed by atoms with Crippen molar-refractivity contribution < 1.29 is 14.3 Å².